The van der Waals surface area contributed by atoms with E-state index in [2.05, 4.69) is 0 Å². The van der Waals surface area contributed by atoms with Gasteiger partial charge in [0.2, 0.25) is 0 Å². The third kappa shape index (κ3) is 2.45. The molecule has 0 heterocycles. The van der Waals surface area contributed by atoms with Crippen molar-refractivity contribution in [2.45, 2.75) is 18.4 Å². The molecule has 2 nitrogen and oxygen atoms in total. The molecule has 5 heteroatoms. The van der Waals surface area contributed by atoms with Crippen molar-refractivity contribution in [3.05, 3.63) is 29.8 Å². The second kappa shape index (κ2) is 4.83. The highest BCUT2D eigenvalue weighted by atomic mass is 127. The van der Waals surface area contributed by atoms with Crippen molar-refractivity contribution < 1.29 is 18.6 Å². The fourth-order valence-corrected chi connectivity index (χ4v) is 2.00. The summed E-state index contributed by atoms with van der Waals surface area (Å²) in [5, 5.41) is 9.88. The average molecular weight is 342 g/mol. The predicted molar refractivity (Wildman–Crippen MR) is 66.4 cm³/mol. The van der Waals surface area contributed by atoms with Gasteiger partial charge in [0.1, 0.15) is 5.75 Å². The highest BCUT2D eigenvalue weighted by Crippen LogP contribution is 2.39. The van der Waals surface area contributed by atoms with Crippen molar-refractivity contribution in [2.24, 2.45) is 0 Å². The summed E-state index contributed by atoms with van der Waals surface area (Å²) in [6.07, 6.45) is 0. The van der Waals surface area contributed by atoms with E-state index < -0.39 is 16.0 Å². The number of benzene rings is 1. The Kier molecular flexibility index (Phi) is 4.12. The van der Waals surface area contributed by atoms with Crippen molar-refractivity contribution in [1.82, 2.24) is 0 Å². The molecule has 0 amide bonds. The van der Waals surface area contributed by atoms with E-state index in [1.165, 1.54) is 19.2 Å². The fourth-order valence-electron chi connectivity index (χ4n) is 1.26. The van der Waals surface area contributed by atoms with Crippen LogP contribution in [0, 0.1) is 0 Å². The molecule has 0 saturated heterocycles. The highest BCUT2D eigenvalue weighted by Gasteiger charge is 2.49. The largest absolute Gasteiger partial charge is 0.497 e. The molecular formula is C11H13F2IO2. The van der Waals surface area contributed by atoms with Crippen LogP contribution in [0.5, 0.6) is 5.75 Å². The molecule has 0 aliphatic heterocycles. The molecule has 0 fully saturated rings. The van der Waals surface area contributed by atoms with E-state index in [1.807, 2.05) is 0 Å². The maximum Gasteiger partial charge on any atom is 0.288 e. The first-order valence-electron chi connectivity index (χ1n) is 4.66. The Labute approximate surface area is 107 Å². The Morgan fingerprint density at radius 3 is 2.19 bits per heavy atom. The van der Waals surface area contributed by atoms with Gasteiger partial charge in [-0.05, 0) is 24.6 Å². The molecular weight excluding hydrogens is 329 g/mol. The second-order valence-electron chi connectivity index (χ2n) is 3.64. The van der Waals surface area contributed by atoms with Gasteiger partial charge in [-0.25, -0.2) is 8.78 Å². The molecule has 1 unspecified atom stereocenters. The van der Waals surface area contributed by atoms with E-state index >= 15 is 0 Å². The van der Waals surface area contributed by atoms with E-state index in [1.54, 1.807) is 34.7 Å². The van der Waals surface area contributed by atoms with Gasteiger partial charge in [0.05, 0.1) is 11.5 Å². The van der Waals surface area contributed by atoms with E-state index in [9.17, 15) is 13.9 Å². The average Bonchev–Trinajstić information content (AvgIpc) is 2.29. The molecule has 0 bridgehead atoms. The molecule has 0 radical (unpaired) electrons. The number of hydrogen-bond donors (Lipinski definition) is 1. The highest BCUT2D eigenvalue weighted by molar-refractivity contribution is 14.1. The van der Waals surface area contributed by atoms with Crippen molar-refractivity contribution in [1.29, 1.82) is 0 Å². The van der Waals surface area contributed by atoms with Crippen LogP contribution in [0.2, 0.25) is 0 Å². The summed E-state index contributed by atoms with van der Waals surface area (Å²) in [4.78, 5) is 0. The summed E-state index contributed by atoms with van der Waals surface area (Å²) in [6, 6.07) is 5.98. The molecule has 0 aliphatic rings. The SMILES string of the molecule is COc1ccc(C(C)(O)C(F)(F)CI)cc1. The topological polar surface area (TPSA) is 29.5 Å². The Morgan fingerprint density at radius 2 is 1.81 bits per heavy atom. The molecule has 1 aromatic carbocycles. The zero-order valence-corrected chi connectivity index (χ0v) is 11.2. The van der Waals surface area contributed by atoms with Crippen LogP contribution < -0.4 is 4.74 Å². The van der Waals surface area contributed by atoms with Crippen LogP contribution in [0.3, 0.4) is 0 Å². The molecule has 0 saturated carbocycles. The van der Waals surface area contributed by atoms with Gasteiger partial charge in [0.25, 0.3) is 5.92 Å². The molecule has 1 atom stereocenters. The van der Waals surface area contributed by atoms with Crippen LogP contribution >= 0.6 is 22.6 Å². The van der Waals surface area contributed by atoms with Gasteiger partial charge in [-0.2, -0.15) is 0 Å². The van der Waals surface area contributed by atoms with E-state index in [0.717, 1.165) is 6.92 Å². The Bertz CT molecular complexity index is 350. The van der Waals surface area contributed by atoms with Crippen LogP contribution in [-0.4, -0.2) is 22.6 Å². The number of ether oxygens (including phenoxy) is 1. The molecule has 90 valence electrons. The molecule has 1 N–H and O–H groups in total. The molecule has 16 heavy (non-hydrogen) atoms. The summed E-state index contributed by atoms with van der Waals surface area (Å²) >= 11 is 1.56. The Balaban J connectivity index is 3.07. The smallest absolute Gasteiger partial charge is 0.288 e. The third-order valence-electron chi connectivity index (χ3n) is 2.53. The number of methoxy groups -OCH3 is 1. The van der Waals surface area contributed by atoms with Crippen LogP contribution in [0.25, 0.3) is 0 Å². The van der Waals surface area contributed by atoms with E-state index in [0.29, 0.717) is 5.75 Å². The molecule has 1 rings (SSSR count). The minimum Gasteiger partial charge on any atom is -0.497 e. The second-order valence-corrected chi connectivity index (χ2v) is 4.40. The van der Waals surface area contributed by atoms with Crippen molar-refractivity contribution in [2.75, 3.05) is 11.5 Å². The lowest BCUT2D eigenvalue weighted by Crippen LogP contribution is -2.44. The lowest BCUT2D eigenvalue weighted by Gasteiger charge is -2.31. The third-order valence-corrected chi connectivity index (χ3v) is 3.49. The first-order chi connectivity index (χ1) is 7.35. The van der Waals surface area contributed by atoms with Crippen molar-refractivity contribution in [3.8, 4) is 5.75 Å². The van der Waals surface area contributed by atoms with Crippen LogP contribution in [0.4, 0.5) is 8.78 Å². The van der Waals surface area contributed by atoms with E-state index in [4.69, 9.17) is 4.74 Å². The van der Waals surface area contributed by atoms with Gasteiger partial charge in [-0.1, -0.05) is 34.7 Å². The minimum atomic E-state index is -3.16. The van der Waals surface area contributed by atoms with Crippen LogP contribution in [0.1, 0.15) is 12.5 Å². The van der Waals surface area contributed by atoms with Crippen molar-refractivity contribution >= 4 is 22.6 Å². The van der Waals surface area contributed by atoms with Crippen LogP contribution in [-0.2, 0) is 5.60 Å². The summed E-state index contributed by atoms with van der Waals surface area (Å²) in [7, 11) is 1.49. The summed E-state index contributed by atoms with van der Waals surface area (Å²) in [5.41, 5.74) is -1.99. The number of aliphatic hydroxyl groups is 1. The van der Waals surface area contributed by atoms with Gasteiger partial charge < -0.3 is 9.84 Å². The van der Waals surface area contributed by atoms with Crippen molar-refractivity contribution in [3.63, 3.8) is 0 Å². The maximum absolute atomic E-state index is 13.5. The first kappa shape index (κ1) is 13.6. The zero-order chi connectivity index (χ0) is 12.4. The normalized spacial score (nSPS) is 15.6. The maximum atomic E-state index is 13.5. The van der Waals surface area contributed by atoms with E-state index in [-0.39, 0.29) is 5.56 Å². The monoisotopic (exact) mass is 342 g/mol. The number of alkyl halides is 3. The first-order valence-corrected chi connectivity index (χ1v) is 6.18. The standard InChI is InChI=1S/C11H13F2IO2/c1-10(15,11(12,13)7-14)8-3-5-9(16-2)6-4-8/h3-6,15H,7H2,1-2H3. The predicted octanol–water partition coefficient (Wildman–Crippen LogP) is 2.97. The Hall–Kier alpha value is -0.430. The summed E-state index contributed by atoms with van der Waals surface area (Å²) < 4.78 is 31.5. The lowest BCUT2D eigenvalue weighted by atomic mass is 9.90. The zero-order valence-electron chi connectivity index (χ0n) is 9.01. The van der Waals surface area contributed by atoms with Gasteiger partial charge in [-0.15, -0.1) is 0 Å². The number of halogens is 3. The fraction of sp³-hybridized carbons (Fsp3) is 0.455. The quantitative estimate of drug-likeness (QED) is 0.674. The molecule has 0 aliphatic carbocycles. The number of rotatable bonds is 4. The Morgan fingerprint density at radius 1 is 1.31 bits per heavy atom. The lowest BCUT2D eigenvalue weighted by molar-refractivity contribution is -0.159. The van der Waals surface area contributed by atoms with Crippen LogP contribution in [0.15, 0.2) is 24.3 Å². The van der Waals surface area contributed by atoms with Gasteiger partial charge in [-0.3, -0.25) is 0 Å². The summed E-state index contributed by atoms with van der Waals surface area (Å²) in [6.45, 7) is 1.12. The molecule has 1 aromatic rings. The van der Waals surface area contributed by atoms with Gasteiger partial charge >= 0.3 is 0 Å². The minimum absolute atomic E-state index is 0.176. The van der Waals surface area contributed by atoms with Gasteiger partial charge in [0.15, 0.2) is 5.60 Å². The number of hydrogen-bond acceptors (Lipinski definition) is 2. The summed E-state index contributed by atoms with van der Waals surface area (Å²) in [5.74, 6) is -2.60. The molecule has 0 aromatic heterocycles. The molecule has 0 spiro atoms. The van der Waals surface area contributed by atoms with Gasteiger partial charge in [0, 0.05) is 0 Å².